The molecule has 0 radical (unpaired) electrons. The zero-order valence-corrected chi connectivity index (χ0v) is 21.4. The molecule has 7 nitrogen and oxygen atoms in total. The van der Waals surface area contributed by atoms with Crippen molar-refractivity contribution in [2.75, 3.05) is 6.61 Å². The highest BCUT2D eigenvalue weighted by Crippen LogP contribution is 2.30. The largest absolute Gasteiger partial charge is 0.481 e. The number of hydrogen-bond donors (Lipinski definition) is 3. The Morgan fingerprint density at radius 3 is 2.03 bits per heavy atom. The van der Waals surface area contributed by atoms with E-state index in [2.05, 4.69) is 18.0 Å². The summed E-state index contributed by atoms with van der Waals surface area (Å²) in [4.78, 5) is 25.6. The topological polar surface area (TPSA) is 115 Å². The molecule has 0 aliphatic heterocycles. The summed E-state index contributed by atoms with van der Waals surface area (Å²) in [5.41, 5.74) is 3.93. The Labute approximate surface area is 217 Å². The first kappa shape index (κ1) is 27.4. The summed E-state index contributed by atoms with van der Waals surface area (Å²) in [6.45, 7) is 9.11. The number of carbonyl (C=O) groups is 2. The summed E-state index contributed by atoms with van der Waals surface area (Å²) in [6, 6.07) is 17.6. The standard InChI is InChI=1S/C30H33N3O4/c1-5-6-25(29(36)37)27(28(35)32-26(19-34)30(2,3)4)33-16-15-24(18-33)23-13-11-22(12-14-23)21-9-7-20(17-31)8-10-21/h5,7-16,18,25-27,34H,1,6,19H2,2-4H3,(H,32,35)(H,36,37)/t25-,26+,27?/m0/s1. The third-order valence-electron chi connectivity index (χ3n) is 6.53. The lowest BCUT2D eigenvalue weighted by molar-refractivity contribution is -0.147. The number of hydrogen-bond acceptors (Lipinski definition) is 4. The summed E-state index contributed by atoms with van der Waals surface area (Å²) in [6.07, 6.45) is 5.08. The third kappa shape index (κ3) is 6.54. The van der Waals surface area contributed by atoms with Crippen LogP contribution in [0.15, 0.2) is 79.6 Å². The molecule has 1 aromatic heterocycles. The number of carboxylic acid groups (broad SMARTS) is 1. The minimum Gasteiger partial charge on any atom is -0.481 e. The van der Waals surface area contributed by atoms with Gasteiger partial charge in [-0.1, -0.05) is 63.2 Å². The van der Waals surface area contributed by atoms with Crippen LogP contribution in [0.2, 0.25) is 0 Å². The molecule has 1 unspecified atom stereocenters. The quantitative estimate of drug-likeness (QED) is 0.338. The Hall–Kier alpha value is -4.15. The molecule has 0 saturated heterocycles. The Kier molecular flexibility index (Phi) is 8.69. The van der Waals surface area contributed by atoms with Crippen molar-refractivity contribution in [3.63, 3.8) is 0 Å². The number of carbonyl (C=O) groups excluding carboxylic acids is 1. The number of aromatic nitrogens is 1. The fourth-order valence-corrected chi connectivity index (χ4v) is 4.21. The molecule has 0 aliphatic rings. The fourth-order valence-electron chi connectivity index (χ4n) is 4.21. The number of amides is 1. The van der Waals surface area contributed by atoms with Crippen molar-refractivity contribution < 1.29 is 19.8 Å². The van der Waals surface area contributed by atoms with Crippen molar-refractivity contribution >= 4 is 11.9 Å². The maximum atomic E-state index is 13.4. The van der Waals surface area contributed by atoms with Gasteiger partial charge < -0.3 is 20.1 Å². The monoisotopic (exact) mass is 499 g/mol. The maximum Gasteiger partial charge on any atom is 0.309 e. The van der Waals surface area contributed by atoms with Gasteiger partial charge in [-0.05, 0) is 52.3 Å². The van der Waals surface area contributed by atoms with Gasteiger partial charge in [0, 0.05) is 12.4 Å². The van der Waals surface area contributed by atoms with Gasteiger partial charge in [0.15, 0.2) is 0 Å². The Balaban J connectivity index is 1.92. The van der Waals surface area contributed by atoms with Crippen LogP contribution in [0, 0.1) is 22.7 Å². The van der Waals surface area contributed by atoms with E-state index in [-0.39, 0.29) is 13.0 Å². The summed E-state index contributed by atoms with van der Waals surface area (Å²) >= 11 is 0. The van der Waals surface area contributed by atoms with E-state index in [0.717, 1.165) is 22.3 Å². The molecule has 0 fully saturated rings. The average molecular weight is 500 g/mol. The highest BCUT2D eigenvalue weighted by atomic mass is 16.4. The lowest BCUT2D eigenvalue weighted by Gasteiger charge is -2.32. The molecular weight excluding hydrogens is 466 g/mol. The van der Waals surface area contributed by atoms with E-state index in [1.807, 2.05) is 63.2 Å². The number of allylic oxidation sites excluding steroid dienone is 1. The molecule has 192 valence electrons. The van der Waals surface area contributed by atoms with Crippen molar-refractivity contribution in [2.45, 2.75) is 39.3 Å². The molecule has 7 heteroatoms. The van der Waals surface area contributed by atoms with Gasteiger partial charge in [0.2, 0.25) is 5.91 Å². The summed E-state index contributed by atoms with van der Waals surface area (Å²) in [5, 5.41) is 31.6. The number of aliphatic hydroxyl groups excluding tert-OH is 1. The summed E-state index contributed by atoms with van der Waals surface area (Å²) in [5.74, 6) is -2.60. The molecule has 0 aliphatic carbocycles. The van der Waals surface area contributed by atoms with Crippen LogP contribution in [-0.4, -0.2) is 39.3 Å². The predicted molar refractivity (Wildman–Crippen MR) is 143 cm³/mol. The van der Waals surface area contributed by atoms with Crippen LogP contribution >= 0.6 is 0 Å². The van der Waals surface area contributed by atoms with Crippen LogP contribution in [-0.2, 0) is 9.59 Å². The molecule has 1 amide bonds. The van der Waals surface area contributed by atoms with Crippen molar-refractivity contribution in [3.05, 3.63) is 85.2 Å². The van der Waals surface area contributed by atoms with Gasteiger partial charge in [-0.3, -0.25) is 9.59 Å². The van der Waals surface area contributed by atoms with Gasteiger partial charge in [-0.25, -0.2) is 0 Å². The number of nitrogens with zero attached hydrogens (tertiary/aromatic N) is 2. The molecule has 2 aromatic carbocycles. The van der Waals surface area contributed by atoms with Gasteiger partial charge in [0.05, 0.1) is 30.2 Å². The smallest absolute Gasteiger partial charge is 0.309 e. The van der Waals surface area contributed by atoms with Crippen LogP contribution in [0.4, 0.5) is 0 Å². The second-order valence-electron chi connectivity index (χ2n) is 10.1. The van der Waals surface area contributed by atoms with Crippen LogP contribution in [0.25, 0.3) is 22.3 Å². The molecule has 3 rings (SSSR count). The molecular formula is C30H33N3O4. The zero-order valence-electron chi connectivity index (χ0n) is 21.4. The zero-order chi connectivity index (χ0) is 27.2. The van der Waals surface area contributed by atoms with Crippen molar-refractivity contribution in [2.24, 2.45) is 11.3 Å². The van der Waals surface area contributed by atoms with Crippen LogP contribution in [0.5, 0.6) is 0 Å². The number of aliphatic carboxylic acids is 1. The highest BCUT2D eigenvalue weighted by molar-refractivity contribution is 5.87. The number of nitriles is 1. The highest BCUT2D eigenvalue weighted by Gasteiger charge is 2.37. The summed E-state index contributed by atoms with van der Waals surface area (Å²) < 4.78 is 1.62. The van der Waals surface area contributed by atoms with E-state index in [1.54, 1.807) is 29.1 Å². The molecule has 37 heavy (non-hydrogen) atoms. The van der Waals surface area contributed by atoms with Gasteiger partial charge in [-0.15, -0.1) is 6.58 Å². The third-order valence-corrected chi connectivity index (χ3v) is 6.53. The van der Waals surface area contributed by atoms with E-state index in [9.17, 15) is 19.8 Å². The number of carboxylic acids is 1. The van der Waals surface area contributed by atoms with E-state index in [1.165, 1.54) is 6.08 Å². The number of nitrogens with one attached hydrogen (secondary N) is 1. The minimum absolute atomic E-state index is 0.111. The fraction of sp³-hybridized carbons (Fsp3) is 0.300. The Bertz CT molecular complexity index is 1280. The molecule has 1 heterocycles. The van der Waals surface area contributed by atoms with E-state index >= 15 is 0 Å². The van der Waals surface area contributed by atoms with Crippen LogP contribution < -0.4 is 5.32 Å². The molecule has 3 N–H and O–H groups in total. The van der Waals surface area contributed by atoms with Crippen LogP contribution in [0.1, 0.15) is 38.8 Å². The SMILES string of the molecule is C=CC[C@H](C(=O)O)C(C(=O)N[C@H](CO)C(C)(C)C)n1ccc(-c2ccc(-c3ccc(C#N)cc3)cc2)c1. The van der Waals surface area contributed by atoms with E-state index < -0.39 is 35.3 Å². The average Bonchev–Trinajstić information content (AvgIpc) is 3.36. The number of aliphatic hydroxyl groups is 1. The van der Waals surface area contributed by atoms with E-state index in [4.69, 9.17) is 5.26 Å². The Morgan fingerprint density at radius 1 is 1.03 bits per heavy atom. The van der Waals surface area contributed by atoms with Gasteiger partial charge in [0.1, 0.15) is 6.04 Å². The lowest BCUT2D eigenvalue weighted by atomic mass is 9.86. The summed E-state index contributed by atoms with van der Waals surface area (Å²) in [7, 11) is 0. The van der Waals surface area contributed by atoms with Crippen molar-refractivity contribution in [3.8, 4) is 28.3 Å². The minimum atomic E-state index is -1.10. The van der Waals surface area contributed by atoms with E-state index in [0.29, 0.717) is 5.56 Å². The molecule has 0 bridgehead atoms. The van der Waals surface area contributed by atoms with Gasteiger partial charge in [-0.2, -0.15) is 5.26 Å². The second-order valence-corrected chi connectivity index (χ2v) is 10.1. The molecule has 3 aromatic rings. The Morgan fingerprint density at radius 2 is 1.57 bits per heavy atom. The first-order chi connectivity index (χ1) is 17.6. The molecule has 0 saturated carbocycles. The lowest BCUT2D eigenvalue weighted by Crippen LogP contribution is -2.50. The normalized spacial score (nSPS) is 13.7. The molecule has 0 spiro atoms. The van der Waals surface area contributed by atoms with Gasteiger partial charge >= 0.3 is 5.97 Å². The van der Waals surface area contributed by atoms with Gasteiger partial charge in [0.25, 0.3) is 0 Å². The first-order valence-electron chi connectivity index (χ1n) is 12.1. The maximum absolute atomic E-state index is 13.4. The van der Waals surface area contributed by atoms with Crippen molar-refractivity contribution in [1.82, 2.24) is 9.88 Å². The number of benzene rings is 2. The number of rotatable bonds is 10. The molecule has 3 atom stereocenters. The second kappa shape index (κ2) is 11.7. The predicted octanol–water partition coefficient (Wildman–Crippen LogP) is 5.03. The first-order valence-corrected chi connectivity index (χ1v) is 12.1. The van der Waals surface area contributed by atoms with Crippen LogP contribution in [0.3, 0.4) is 0 Å². The van der Waals surface area contributed by atoms with Crippen molar-refractivity contribution in [1.29, 1.82) is 5.26 Å².